The van der Waals surface area contributed by atoms with Gasteiger partial charge in [0.05, 0.1) is 5.69 Å². The van der Waals surface area contributed by atoms with Crippen molar-refractivity contribution in [2.45, 2.75) is 25.9 Å². The molecule has 0 unspecified atom stereocenters. The smallest absolute Gasteiger partial charge is 0.422 e. The molecule has 0 saturated carbocycles. The van der Waals surface area contributed by atoms with E-state index in [0.717, 1.165) is 11.1 Å². The van der Waals surface area contributed by atoms with Crippen LogP contribution in [-0.4, -0.2) is 28.8 Å². The van der Waals surface area contributed by atoms with Crippen LogP contribution in [0, 0.1) is 6.92 Å². The summed E-state index contributed by atoms with van der Waals surface area (Å²) in [4.78, 5) is 16.5. The van der Waals surface area contributed by atoms with Gasteiger partial charge in [-0.3, -0.25) is 4.79 Å². The number of nitrogens with one attached hydrogen (secondary N) is 1. The van der Waals surface area contributed by atoms with Gasteiger partial charge in [-0.1, -0.05) is 46.6 Å². The van der Waals surface area contributed by atoms with Gasteiger partial charge in [0.25, 0.3) is 0 Å². The molecule has 1 aromatic heterocycles. The van der Waals surface area contributed by atoms with Crippen LogP contribution >= 0.6 is 11.6 Å². The molecule has 2 aromatic carbocycles. The van der Waals surface area contributed by atoms with E-state index in [9.17, 15) is 18.0 Å². The Bertz CT molecular complexity index is 1020. The Kier molecular flexibility index (Phi) is 6.61. The Morgan fingerprint density at radius 2 is 1.93 bits per heavy atom. The number of amides is 1. The summed E-state index contributed by atoms with van der Waals surface area (Å²) in [5.41, 5.74) is 1.92. The Labute approximate surface area is 175 Å². The number of aryl methyl sites for hydroxylation is 2. The topological polar surface area (TPSA) is 77.2 Å². The number of aromatic nitrogens is 2. The molecule has 0 spiro atoms. The average molecular weight is 440 g/mol. The third-order valence-electron chi connectivity index (χ3n) is 3.95. The summed E-state index contributed by atoms with van der Waals surface area (Å²) in [6.45, 7) is 0.477. The lowest BCUT2D eigenvalue weighted by atomic mass is 10.1. The molecule has 0 aliphatic heterocycles. The molecule has 30 heavy (non-hydrogen) atoms. The van der Waals surface area contributed by atoms with Gasteiger partial charge in [0.15, 0.2) is 6.61 Å². The fourth-order valence-corrected chi connectivity index (χ4v) is 2.67. The molecule has 3 aromatic rings. The van der Waals surface area contributed by atoms with Gasteiger partial charge in [-0.25, -0.2) is 0 Å². The minimum Gasteiger partial charge on any atom is -0.482 e. The van der Waals surface area contributed by atoms with E-state index in [1.165, 1.54) is 18.2 Å². The molecule has 10 heteroatoms. The molecule has 0 radical (unpaired) electrons. The van der Waals surface area contributed by atoms with Crippen molar-refractivity contribution in [3.8, 4) is 17.1 Å². The van der Waals surface area contributed by atoms with Crippen LogP contribution in [0.3, 0.4) is 0 Å². The van der Waals surface area contributed by atoms with Gasteiger partial charge in [0.1, 0.15) is 5.75 Å². The lowest BCUT2D eigenvalue weighted by molar-refractivity contribution is -0.153. The Balaban J connectivity index is 1.60. The predicted molar refractivity (Wildman–Crippen MR) is 104 cm³/mol. The highest BCUT2D eigenvalue weighted by Crippen LogP contribution is 2.30. The standard InChI is InChI=1S/C20H17ClF3N3O3/c1-12-2-4-13(5-3-12)19-26-18(30-27-19)9-8-17(28)25-15-10-14(21)6-7-16(15)29-11-20(22,23)24/h2-7,10H,8-9,11H2,1H3,(H,25,28). The largest absolute Gasteiger partial charge is 0.482 e. The molecule has 0 atom stereocenters. The van der Waals surface area contributed by atoms with E-state index in [1.54, 1.807) is 0 Å². The third kappa shape index (κ3) is 6.21. The number of anilines is 1. The van der Waals surface area contributed by atoms with Crippen LogP contribution in [0.4, 0.5) is 18.9 Å². The van der Waals surface area contributed by atoms with E-state index in [2.05, 4.69) is 15.5 Å². The highest BCUT2D eigenvalue weighted by atomic mass is 35.5. The summed E-state index contributed by atoms with van der Waals surface area (Å²) in [5, 5.41) is 6.63. The second-order valence-corrected chi connectivity index (χ2v) is 6.91. The number of carbonyl (C=O) groups excluding carboxylic acids is 1. The molecule has 3 rings (SSSR count). The van der Waals surface area contributed by atoms with Crippen molar-refractivity contribution in [1.29, 1.82) is 0 Å². The molecule has 0 bridgehead atoms. The van der Waals surface area contributed by atoms with Crippen molar-refractivity contribution in [3.63, 3.8) is 0 Å². The summed E-state index contributed by atoms with van der Waals surface area (Å²) in [6, 6.07) is 11.5. The normalized spacial score (nSPS) is 11.4. The van der Waals surface area contributed by atoms with Crippen molar-refractivity contribution in [2.75, 3.05) is 11.9 Å². The SMILES string of the molecule is Cc1ccc(-c2noc(CCC(=O)Nc3cc(Cl)ccc3OCC(F)(F)F)n2)cc1. The van der Waals surface area contributed by atoms with Crippen molar-refractivity contribution in [1.82, 2.24) is 10.1 Å². The zero-order chi connectivity index (χ0) is 21.7. The second kappa shape index (κ2) is 9.17. The van der Waals surface area contributed by atoms with Crippen LogP contribution in [0.15, 0.2) is 47.0 Å². The summed E-state index contributed by atoms with van der Waals surface area (Å²) in [5.74, 6) is 0.0668. The molecule has 0 aliphatic rings. The maximum Gasteiger partial charge on any atom is 0.422 e. The van der Waals surface area contributed by atoms with E-state index >= 15 is 0 Å². The van der Waals surface area contributed by atoms with Gasteiger partial charge in [0.2, 0.25) is 17.6 Å². The van der Waals surface area contributed by atoms with E-state index in [-0.39, 0.29) is 35.2 Å². The van der Waals surface area contributed by atoms with Crippen molar-refractivity contribution in [2.24, 2.45) is 0 Å². The third-order valence-corrected chi connectivity index (χ3v) is 4.19. The summed E-state index contributed by atoms with van der Waals surface area (Å²) in [6.07, 6.45) is -4.38. The molecule has 0 aliphatic carbocycles. The number of benzene rings is 2. The van der Waals surface area contributed by atoms with Crippen LogP contribution in [0.2, 0.25) is 5.02 Å². The maximum absolute atomic E-state index is 12.4. The van der Waals surface area contributed by atoms with Gasteiger partial charge in [-0.05, 0) is 25.1 Å². The number of hydrogen-bond donors (Lipinski definition) is 1. The Morgan fingerprint density at radius 3 is 2.63 bits per heavy atom. The lowest BCUT2D eigenvalue weighted by Gasteiger charge is -2.14. The molecule has 158 valence electrons. The van der Waals surface area contributed by atoms with Crippen LogP contribution < -0.4 is 10.1 Å². The fraction of sp³-hybridized carbons (Fsp3) is 0.250. The summed E-state index contributed by atoms with van der Waals surface area (Å²) >= 11 is 5.87. The van der Waals surface area contributed by atoms with Crippen LogP contribution in [0.25, 0.3) is 11.4 Å². The highest BCUT2D eigenvalue weighted by Gasteiger charge is 2.29. The van der Waals surface area contributed by atoms with Gasteiger partial charge in [0, 0.05) is 23.4 Å². The molecule has 1 amide bonds. The first kappa shape index (κ1) is 21.6. The van der Waals surface area contributed by atoms with E-state index in [0.29, 0.717) is 5.82 Å². The minimum absolute atomic E-state index is 0.0270. The van der Waals surface area contributed by atoms with Crippen molar-refractivity contribution in [3.05, 3.63) is 58.9 Å². The van der Waals surface area contributed by atoms with E-state index in [4.69, 9.17) is 20.9 Å². The molecule has 1 N–H and O–H groups in total. The lowest BCUT2D eigenvalue weighted by Crippen LogP contribution is -2.20. The van der Waals surface area contributed by atoms with Crippen LogP contribution in [0.1, 0.15) is 17.9 Å². The first-order valence-corrected chi connectivity index (χ1v) is 9.26. The average Bonchev–Trinajstić information content (AvgIpc) is 3.15. The molecular weight excluding hydrogens is 423 g/mol. The first-order valence-electron chi connectivity index (χ1n) is 8.88. The van der Waals surface area contributed by atoms with Gasteiger partial charge in [-0.15, -0.1) is 0 Å². The van der Waals surface area contributed by atoms with Crippen LogP contribution in [0.5, 0.6) is 5.75 Å². The molecule has 1 heterocycles. The molecule has 0 saturated heterocycles. The summed E-state index contributed by atoms with van der Waals surface area (Å²) < 4.78 is 47.1. The maximum atomic E-state index is 12.4. The molecule has 6 nitrogen and oxygen atoms in total. The number of carbonyl (C=O) groups is 1. The molecule has 0 fully saturated rings. The zero-order valence-corrected chi connectivity index (χ0v) is 16.5. The number of ether oxygens (including phenoxy) is 1. The highest BCUT2D eigenvalue weighted by molar-refractivity contribution is 6.31. The number of halogens is 4. The Hall–Kier alpha value is -3.07. The minimum atomic E-state index is -4.51. The zero-order valence-electron chi connectivity index (χ0n) is 15.8. The Morgan fingerprint density at radius 1 is 1.20 bits per heavy atom. The van der Waals surface area contributed by atoms with E-state index in [1.807, 2.05) is 31.2 Å². The van der Waals surface area contributed by atoms with Crippen molar-refractivity contribution < 1.29 is 27.2 Å². The van der Waals surface area contributed by atoms with Crippen LogP contribution in [-0.2, 0) is 11.2 Å². The monoisotopic (exact) mass is 439 g/mol. The van der Waals surface area contributed by atoms with Crippen molar-refractivity contribution >= 4 is 23.2 Å². The van der Waals surface area contributed by atoms with Gasteiger partial charge >= 0.3 is 6.18 Å². The number of rotatable bonds is 7. The summed E-state index contributed by atoms with van der Waals surface area (Å²) in [7, 11) is 0. The quantitative estimate of drug-likeness (QED) is 0.546. The molecular formula is C20H17ClF3N3O3. The fourth-order valence-electron chi connectivity index (χ4n) is 2.49. The van der Waals surface area contributed by atoms with Gasteiger partial charge in [-0.2, -0.15) is 18.2 Å². The number of alkyl halides is 3. The predicted octanol–water partition coefficient (Wildman–Crippen LogP) is 5.21. The number of hydrogen-bond acceptors (Lipinski definition) is 5. The van der Waals surface area contributed by atoms with E-state index < -0.39 is 18.7 Å². The first-order chi connectivity index (χ1) is 14.2. The van der Waals surface area contributed by atoms with Gasteiger partial charge < -0.3 is 14.6 Å². The second-order valence-electron chi connectivity index (χ2n) is 6.47. The number of nitrogens with zero attached hydrogens (tertiary/aromatic N) is 2.